The van der Waals surface area contributed by atoms with Gasteiger partial charge in [0.25, 0.3) is 0 Å². The molecule has 0 saturated carbocycles. The molecular formula is C22H23FN2O4. The van der Waals surface area contributed by atoms with Crippen LogP contribution in [0.1, 0.15) is 5.56 Å². The number of halogens is 1. The molecule has 0 aliphatic carbocycles. The summed E-state index contributed by atoms with van der Waals surface area (Å²) in [6.45, 7) is 1.22. The second-order valence-corrected chi connectivity index (χ2v) is 6.76. The number of nitrogens with one attached hydrogen (secondary N) is 1. The first kappa shape index (κ1) is 20.3. The van der Waals surface area contributed by atoms with E-state index in [4.69, 9.17) is 20.6 Å². The maximum atomic E-state index is 13.4. The van der Waals surface area contributed by atoms with Gasteiger partial charge in [-0.3, -0.25) is 0 Å². The number of hydrogen-bond acceptors (Lipinski definition) is 4. The first-order valence-corrected chi connectivity index (χ1v) is 9.16. The van der Waals surface area contributed by atoms with Gasteiger partial charge in [-0.25, -0.2) is 9.18 Å². The molecule has 0 unspecified atom stereocenters. The predicted octanol–water partition coefficient (Wildman–Crippen LogP) is 3.56. The lowest BCUT2D eigenvalue weighted by atomic mass is 9.92. The van der Waals surface area contributed by atoms with Crippen molar-refractivity contribution in [2.24, 2.45) is 5.92 Å². The third-order valence-corrected chi connectivity index (χ3v) is 4.68. The predicted molar refractivity (Wildman–Crippen MR) is 108 cm³/mol. The number of carbonyl (C=O) groups is 1. The summed E-state index contributed by atoms with van der Waals surface area (Å²) in [5.74, 6) is 3.88. The van der Waals surface area contributed by atoms with E-state index >= 15 is 0 Å². The van der Waals surface area contributed by atoms with E-state index in [1.807, 2.05) is 18.2 Å². The van der Waals surface area contributed by atoms with Gasteiger partial charge in [-0.1, -0.05) is 5.92 Å². The fourth-order valence-corrected chi connectivity index (χ4v) is 3.21. The highest BCUT2D eigenvalue weighted by Crippen LogP contribution is 2.29. The summed E-state index contributed by atoms with van der Waals surface area (Å²) < 4.78 is 29.3. The van der Waals surface area contributed by atoms with Crippen molar-refractivity contribution in [3.8, 4) is 29.6 Å². The third kappa shape index (κ3) is 5.11. The van der Waals surface area contributed by atoms with E-state index in [1.54, 1.807) is 19.1 Å². The normalized spacial score (nSPS) is 13.2. The van der Waals surface area contributed by atoms with Gasteiger partial charge in [-0.15, -0.1) is 6.42 Å². The smallest absolute Gasteiger partial charge is 0.321 e. The molecule has 1 fully saturated rings. The Labute approximate surface area is 169 Å². The minimum absolute atomic E-state index is 0.0118. The number of benzene rings is 2. The number of urea groups is 1. The van der Waals surface area contributed by atoms with Crippen LogP contribution in [0.5, 0.6) is 17.2 Å². The van der Waals surface area contributed by atoms with Crippen molar-refractivity contribution >= 4 is 11.7 Å². The van der Waals surface area contributed by atoms with Gasteiger partial charge in [0.05, 0.1) is 19.9 Å². The zero-order chi connectivity index (χ0) is 20.8. The third-order valence-electron chi connectivity index (χ3n) is 4.68. The molecule has 2 aromatic rings. The lowest BCUT2D eigenvalue weighted by Crippen LogP contribution is -2.52. The van der Waals surface area contributed by atoms with E-state index < -0.39 is 5.82 Å². The Morgan fingerprint density at radius 3 is 2.52 bits per heavy atom. The highest BCUT2D eigenvalue weighted by molar-refractivity contribution is 5.91. The van der Waals surface area contributed by atoms with E-state index in [2.05, 4.69) is 11.2 Å². The Kier molecular flexibility index (Phi) is 6.45. The second-order valence-electron chi connectivity index (χ2n) is 6.76. The molecule has 1 aliphatic heterocycles. The highest BCUT2D eigenvalue weighted by atomic mass is 19.1. The molecule has 0 radical (unpaired) electrons. The second kappa shape index (κ2) is 9.20. The van der Waals surface area contributed by atoms with Crippen molar-refractivity contribution in [1.82, 2.24) is 4.90 Å². The number of carbonyl (C=O) groups excluding carboxylic acids is 1. The Bertz CT molecular complexity index is 897. The van der Waals surface area contributed by atoms with Crippen LogP contribution in [-0.4, -0.2) is 44.8 Å². The Morgan fingerprint density at radius 2 is 1.90 bits per heavy atom. The number of likely N-dealkylation sites (tertiary alicyclic amines) is 1. The molecule has 1 heterocycles. The largest absolute Gasteiger partial charge is 0.497 e. The van der Waals surface area contributed by atoms with Crippen LogP contribution in [0.15, 0.2) is 36.4 Å². The molecule has 0 spiro atoms. The van der Waals surface area contributed by atoms with E-state index in [-0.39, 0.29) is 18.4 Å². The molecular weight excluding hydrogens is 375 g/mol. The fraction of sp³-hybridized carbons (Fsp3) is 0.318. The molecule has 0 atom stereocenters. The number of methoxy groups -OCH3 is 2. The van der Waals surface area contributed by atoms with E-state index in [0.717, 1.165) is 23.5 Å². The number of amides is 2. The van der Waals surface area contributed by atoms with Crippen LogP contribution in [0, 0.1) is 24.1 Å². The van der Waals surface area contributed by atoms with Crippen molar-refractivity contribution in [2.45, 2.75) is 6.42 Å². The Morgan fingerprint density at radius 1 is 1.21 bits per heavy atom. The molecule has 152 valence electrons. The molecule has 3 rings (SSSR count). The van der Waals surface area contributed by atoms with Gasteiger partial charge in [0.1, 0.15) is 29.7 Å². The lowest BCUT2D eigenvalue weighted by Gasteiger charge is -2.39. The van der Waals surface area contributed by atoms with Gasteiger partial charge >= 0.3 is 6.03 Å². The van der Waals surface area contributed by atoms with Gasteiger partial charge in [0, 0.05) is 25.2 Å². The molecule has 1 aliphatic rings. The maximum Gasteiger partial charge on any atom is 0.321 e. The summed E-state index contributed by atoms with van der Waals surface area (Å²) in [6.07, 6.45) is 5.99. The zero-order valence-electron chi connectivity index (χ0n) is 16.4. The molecule has 6 nitrogen and oxygen atoms in total. The standard InChI is InChI=1S/C22H23FN2O4/c1-4-7-29-21-11-17(23)5-6-20(21)24-22(26)25-13-16(14-25)8-15-9-18(27-2)12-19(10-15)28-3/h1,5-6,9-12,16H,7-8,13-14H2,2-3H3,(H,24,26). The quantitative estimate of drug-likeness (QED) is 0.725. The summed E-state index contributed by atoms with van der Waals surface area (Å²) in [7, 11) is 3.23. The molecule has 2 amide bonds. The number of hydrogen-bond donors (Lipinski definition) is 1. The minimum atomic E-state index is -0.465. The summed E-state index contributed by atoms with van der Waals surface area (Å²) in [4.78, 5) is 14.2. The molecule has 29 heavy (non-hydrogen) atoms. The summed E-state index contributed by atoms with van der Waals surface area (Å²) in [6, 6.07) is 9.42. The number of nitrogens with zero attached hydrogens (tertiary/aromatic N) is 1. The lowest BCUT2D eigenvalue weighted by molar-refractivity contribution is 0.131. The first-order chi connectivity index (χ1) is 14.0. The van der Waals surface area contributed by atoms with E-state index in [9.17, 15) is 9.18 Å². The summed E-state index contributed by atoms with van der Waals surface area (Å²) in [5, 5.41) is 2.76. The number of terminal acetylenes is 1. The Hall–Kier alpha value is -3.40. The SMILES string of the molecule is C#CCOc1cc(F)ccc1NC(=O)N1CC(Cc2cc(OC)cc(OC)c2)C1. The number of ether oxygens (including phenoxy) is 3. The van der Waals surface area contributed by atoms with Gasteiger partial charge in [0.15, 0.2) is 0 Å². The average Bonchev–Trinajstić information content (AvgIpc) is 2.69. The van der Waals surface area contributed by atoms with Crippen molar-refractivity contribution in [3.05, 3.63) is 47.8 Å². The molecule has 0 aromatic heterocycles. The molecule has 1 N–H and O–H groups in total. The van der Waals surface area contributed by atoms with Crippen molar-refractivity contribution < 1.29 is 23.4 Å². The van der Waals surface area contributed by atoms with Crippen LogP contribution in [0.4, 0.5) is 14.9 Å². The average molecular weight is 398 g/mol. The molecule has 0 bridgehead atoms. The number of rotatable bonds is 7. The highest BCUT2D eigenvalue weighted by Gasteiger charge is 2.31. The Balaban J connectivity index is 1.56. The molecule has 2 aromatic carbocycles. The molecule has 7 heteroatoms. The van der Waals surface area contributed by atoms with Gasteiger partial charge in [-0.2, -0.15) is 0 Å². The fourth-order valence-electron chi connectivity index (χ4n) is 3.21. The van der Waals surface area contributed by atoms with Crippen LogP contribution < -0.4 is 19.5 Å². The monoisotopic (exact) mass is 398 g/mol. The van der Waals surface area contributed by atoms with E-state index in [1.165, 1.54) is 18.2 Å². The molecule has 1 saturated heterocycles. The summed E-state index contributed by atoms with van der Waals surface area (Å²) in [5.41, 5.74) is 1.47. The van der Waals surface area contributed by atoms with Crippen molar-refractivity contribution in [2.75, 3.05) is 39.2 Å². The van der Waals surface area contributed by atoms with Crippen LogP contribution >= 0.6 is 0 Å². The van der Waals surface area contributed by atoms with Crippen molar-refractivity contribution in [3.63, 3.8) is 0 Å². The van der Waals surface area contributed by atoms with Crippen molar-refractivity contribution in [1.29, 1.82) is 0 Å². The van der Waals surface area contributed by atoms with Gasteiger partial charge in [-0.05, 0) is 42.2 Å². The van der Waals surface area contributed by atoms with E-state index in [0.29, 0.717) is 24.7 Å². The van der Waals surface area contributed by atoms with Crippen LogP contribution in [0.2, 0.25) is 0 Å². The van der Waals surface area contributed by atoms with Crippen LogP contribution in [0.3, 0.4) is 0 Å². The van der Waals surface area contributed by atoms with Gasteiger partial charge in [0.2, 0.25) is 0 Å². The zero-order valence-corrected chi connectivity index (χ0v) is 16.4. The number of anilines is 1. The topological polar surface area (TPSA) is 60.0 Å². The first-order valence-electron chi connectivity index (χ1n) is 9.16. The van der Waals surface area contributed by atoms with Gasteiger partial charge < -0.3 is 24.4 Å². The summed E-state index contributed by atoms with van der Waals surface area (Å²) >= 11 is 0. The van der Waals surface area contributed by atoms with Crippen LogP contribution in [-0.2, 0) is 6.42 Å². The van der Waals surface area contributed by atoms with Crippen LogP contribution in [0.25, 0.3) is 0 Å². The maximum absolute atomic E-state index is 13.4. The minimum Gasteiger partial charge on any atom is -0.497 e.